The van der Waals surface area contributed by atoms with Crippen LogP contribution in [0.1, 0.15) is 54.0 Å². The lowest BCUT2D eigenvalue weighted by molar-refractivity contribution is 0.0319. The third-order valence-corrected chi connectivity index (χ3v) is 3.79. The van der Waals surface area contributed by atoms with Crippen LogP contribution in [0.4, 0.5) is 0 Å². The second-order valence-corrected chi connectivity index (χ2v) is 6.79. The van der Waals surface area contributed by atoms with Crippen molar-refractivity contribution in [2.75, 3.05) is 0 Å². The monoisotopic (exact) mass is 326 g/mol. The fourth-order valence-electron chi connectivity index (χ4n) is 2.25. The molecule has 0 saturated heterocycles. The van der Waals surface area contributed by atoms with Gasteiger partial charge in [-0.15, -0.1) is 0 Å². The first kappa shape index (κ1) is 17.7. The zero-order valence-corrected chi connectivity index (χ0v) is 14.4. The van der Waals surface area contributed by atoms with Crippen molar-refractivity contribution in [1.29, 1.82) is 0 Å². The maximum Gasteiger partial charge on any atom is 0.338 e. The van der Waals surface area contributed by atoms with Gasteiger partial charge >= 0.3 is 5.97 Å². The first-order valence-corrected chi connectivity index (χ1v) is 7.83. The van der Waals surface area contributed by atoms with E-state index in [0.717, 1.165) is 5.56 Å². The van der Waals surface area contributed by atoms with E-state index in [0.29, 0.717) is 5.56 Å². The Morgan fingerprint density at radius 1 is 0.917 bits per heavy atom. The number of esters is 1. The normalized spacial score (nSPS) is 12.5. The number of Topliss-reactive ketones (excluding diaryl/α,β-unsaturated/α-hetero) is 1. The molecule has 24 heavy (non-hydrogen) atoms. The number of phenols is 1. The van der Waals surface area contributed by atoms with E-state index in [2.05, 4.69) is 20.8 Å². The van der Waals surface area contributed by atoms with Crippen LogP contribution in [0.3, 0.4) is 0 Å². The predicted octanol–water partition coefficient (Wildman–Crippen LogP) is 4.12. The summed E-state index contributed by atoms with van der Waals surface area (Å²) in [6, 6.07) is 13.0. The van der Waals surface area contributed by atoms with Crippen LogP contribution in [0.2, 0.25) is 0 Å². The minimum Gasteiger partial charge on any atom is -0.508 e. The van der Waals surface area contributed by atoms with E-state index in [9.17, 15) is 14.7 Å². The highest BCUT2D eigenvalue weighted by Gasteiger charge is 2.21. The third kappa shape index (κ3) is 4.22. The molecule has 0 aliphatic carbocycles. The Kier molecular flexibility index (Phi) is 5.07. The van der Waals surface area contributed by atoms with Crippen molar-refractivity contribution in [1.82, 2.24) is 0 Å². The molecule has 2 aromatic carbocycles. The lowest BCUT2D eigenvalue weighted by Crippen LogP contribution is -2.24. The summed E-state index contributed by atoms with van der Waals surface area (Å²) in [6.45, 7) is 7.86. The summed E-state index contributed by atoms with van der Waals surface area (Å²) in [4.78, 5) is 24.4. The van der Waals surface area contributed by atoms with Gasteiger partial charge in [0.1, 0.15) is 5.75 Å². The fourth-order valence-corrected chi connectivity index (χ4v) is 2.25. The number of hydrogen-bond donors (Lipinski definition) is 1. The van der Waals surface area contributed by atoms with Gasteiger partial charge < -0.3 is 9.84 Å². The van der Waals surface area contributed by atoms with Gasteiger partial charge in [-0.2, -0.15) is 0 Å². The van der Waals surface area contributed by atoms with Crippen LogP contribution in [0.5, 0.6) is 5.75 Å². The van der Waals surface area contributed by atoms with Crippen LogP contribution in [-0.4, -0.2) is 23.0 Å². The predicted molar refractivity (Wildman–Crippen MR) is 92.5 cm³/mol. The molecule has 0 aliphatic rings. The molecule has 4 heteroatoms. The van der Waals surface area contributed by atoms with Gasteiger partial charge in [0.05, 0.1) is 5.56 Å². The van der Waals surface area contributed by atoms with Crippen LogP contribution in [0.15, 0.2) is 48.5 Å². The number of ether oxygens (including phenoxy) is 1. The zero-order valence-electron chi connectivity index (χ0n) is 14.4. The summed E-state index contributed by atoms with van der Waals surface area (Å²) >= 11 is 0. The zero-order chi connectivity index (χ0) is 17.9. The Morgan fingerprint density at radius 2 is 1.42 bits per heavy atom. The highest BCUT2D eigenvalue weighted by Crippen LogP contribution is 2.22. The largest absolute Gasteiger partial charge is 0.508 e. The molecule has 0 fully saturated rings. The number of ketones is 1. The fraction of sp³-hybridized carbons (Fsp3) is 0.300. The molecule has 0 aromatic heterocycles. The van der Waals surface area contributed by atoms with E-state index in [1.54, 1.807) is 19.1 Å². The molecular weight excluding hydrogens is 304 g/mol. The van der Waals surface area contributed by atoms with Crippen molar-refractivity contribution in [3.05, 3.63) is 65.2 Å². The number of rotatable bonds is 4. The topological polar surface area (TPSA) is 63.6 Å². The van der Waals surface area contributed by atoms with Crippen LogP contribution in [0.25, 0.3) is 0 Å². The Bertz CT molecular complexity index is 722. The average molecular weight is 326 g/mol. The van der Waals surface area contributed by atoms with Gasteiger partial charge in [-0.05, 0) is 42.2 Å². The summed E-state index contributed by atoms with van der Waals surface area (Å²) in [5.41, 5.74) is 1.94. The number of hydrogen-bond acceptors (Lipinski definition) is 4. The number of aromatic hydroxyl groups is 1. The van der Waals surface area contributed by atoms with E-state index >= 15 is 0 Å². The van der Waals surface area contributed by atoms with Crippen molar-refractivity contribution < 1.29 is 19.4 Å². The molecule has 0 saturated carbocycles. The summed E-state index contributed by atoms with van der Waals surface area (Å²) in [6.07, 6.45) is -0.883. The second-order valence-electron chi connectivity index (χ2n) is 6.79. The molecule has 0 radical (unpaired) electrons. The molecule has 2 aromatic rings. The molecule has 1 N–H and O–H groups in total. The standard InChI is InChI=1S/C20H22O4/c1-13(24-19(23)15-7-11-17(21)12-8-15)18(22)14-5-9-16(10-6-14)20(2,3)4/h5-13,21H,1-4H3/t13-/m0/s1. The molecule has 0 heterocycles. The Balaban J connectivity index is 2.06. The van der Waals surface area contributed by atoms with Crippen LogP contribution < -0.4 is 0 Å². The van der Waals surface area contributed by atoms with E-state index in [-0.39, 0.29) is 22.5 Å². The van der Waals surface area contributed by atoms with Gasteiger partial charge in [0.2, 0.25) is 5.78 Å². The molecule has 0 aliphatic heterocycles. The smallest absolute Gasteiger partial charge is 0.338 e. The number of carbonyl (C=O) groups excluding carboxylic acids is 2. The number of carbonyl (C=O) groups is 2. The van der Waals surface area contributed by atoms with Crippen LogP contribution in [-0.2, 0) is 10.2 Å². The Morgan fingerprint density at radius 3 is 1.92 bits per heavy atom. The minimum absolute atomic E-state index is 0.0124. The molecule has 4 nitrogen and oxygen atoms in total. The van der Waals surface area contributed by atoms with E-state index in [4.69, 9.17) is 4.74 Å². The van der Waals surface area contributed by atoms with Crippen molar-refractivity contribution in [2.45, 2.75) is 39.2 Å². The van der Waals surface area contributed by atoms with Gasteiger partial charge in [-0.1, -0.05) is 45.0 Å². The minimum atomic E-state index is -0.883. The molecule has 0 spiro atoms. The van der Waals surface area contributed by atoms with Gasteiger partial charge in [0.15, 0.2) is 6.10 Å². The van der Waals surface area contributed by atoms with Crippen molar-refractivity contribution in [3.63, 3.8) is 0 Å². The number of benzene rings is 2. The lowest BCUT2D eigenvalue weighted by atomic mass is 9.86. The highest BCUT2D eigenvalue weighted by atomic mass is 16.5. The molecule has 0 unspecified atom stereocenters. The molecular formula is C20H22O4. The van der Waals surface area contributed by atoms with Crippen LogP contribution in [0, 0.1) is 0 Å². The maximum absolute atomic E-state index is 12.4. The summed E-state index contributed by atoms with van der Waals surface area (Å²) in [7, 11) is 0. The highest BCUT2D eigenvalue weighted by molar-refractivity contribution is 6.01. The van der Waals surface area contributed by atoms with Crippen molar-refractivity contribution >= 4 is 11.8 Å². The molecule has 2 rings (SSSR count). The summed E-state index contributed by atoms with van der Waals surface area (Å²) in [5.74, 6) is -0.778. The third-order valence-electron chi connectivity index (χ3n) is 3.79. The molecule has 1 atom stereocenters. The first-order chi connectivity index (χ1) is 11.2. The summed E-state index contributed by atoms with van der Waals surface area (Å²) in [5, 5.41) is 9.23. The van der Waals surface area contributed by atoms with Gasteiger partial charge in [-0.25, -0.2) is 4.79 Å². The molecule has 126 valence electrons. The van der Waals surface area contributed by atoms with Crippen molar-refractivity contribution in [2.24, 2.45) is 0 Å². The van der Waals surface area contributed by atoms with E-state index in [1.165, 1.54) is 24.3 Å². The van der Waals surface area contributed by atoms with Crippen LogP contribution >= 0.6 is 0 Å². The first-order valence-electron chi connectivity index (χ1n) is 7.83. The Hall–Kier alpha value is -2.62. The Labute approximate surface area is 142 Å². The SMILES string of the molecule is C[C@H](OC(=O)c1ccc(O)cc1)C(=O)c1ccc(C(C)(C)C)cc1. The number of phenolic OH excluding ortho intramolecular Hbond substituents is 1. The summed E-state index contributed by atoms with van der Waals surface area (Å²) < 4.78 is 5.22. The lowest BCUT2D eigenvalue weighted by Gasteiger charge is -2.19. The second kappa shape index (κ2) is 6.87. The van der Waals surface area contributed by atoms with Gasteiger partial charge in [0.25, 0.3) is 0 Å². The van der Waals surface area contributed by atoms with Gasteiger partial charge in [-0.3, -0.25) is 4.79 Å². The molecule has 0 bridgehead atoms. The quantitative estimate of drug-likeness (QED) is 0.678. The van der Waals surface area contributed by atoms with Crippen molar-refractivity contribution in [3.8, 4) is 5.75 Å². The van der Waals surface area contributed by atoms with E-state index in [1.807, 2.05) is 12.1 Å². The maximum atomic E-state index is 12.4. The molecule has 0 amide bonds. The van der Waals surface area contributed by atoms with Gasteiger partial charge in [0, 0.05) is 5.56 Å². The average Bonchev–Trinajstić information content (AvgIpc) is 2.54. The van der Waals surface area contributed by atoms with E-state index < -0.39 is 12.1 Å².